The van der Waals surface area contributed by atoms with Crippen molar-refractivity contribution in [3.05, 3.63) is 29.7 Å². The van der Waals surface area contributed by atoms with E-state index in [0.29, 0.717) is 30.2 Å². The number of aromatic nitrogens is 1. The summed E-state index contributed by atoms with van der Waals surface area (Å²) in [4.78, 5) is 15.5. The summed E-state index contributed by atoms with van der Waals surface area (Å²) < 4.78 is 11.0. The van der Waals surface area contributed by atoms with E-state index in [0.717, 1.165) is 12.8 Å². The third kappa shape index (κ3) is 1.86. The van der Waals surface area contributed by atoms with Crippen LogP contribution in [0.3, 0.4) is 0 Å². The zero-order valence-electron chi connectivity index (χ0n) is 9.76. The lowest BCUT2D eigenvalue weighted by Crippen LogP contribution is -2.14. The van der Waals surface area contributed by atoms with E-state index in [2.05, 4.69) is 4.98 Å². The zero-order chi connectivity index (χ0) is 12.5. The average Bonchev–Trinajstić information content (AvgIpc) is 2.83. The Labute approximate surface area is 103 Å². The second kappa shape index (κ2) is 4.42. The van der Waals surface area contributed by atoms with Crippen molar-refractivity contribution in [3.63, 3.8) is 0 Å². The molecule has 94 valence electrons. The Morgan fingerprint density at radius 2 is 2.11 bits per heavy atom. The van der Waals surface area contributed by atoms with Crippen molar-refractivity contribution < 1.29 is 19.1 Å². The molecule has 0 bridgehead atoms. The Hall–Kier alpha value is -1.88. The molecule has 1 aromatic heterocycles. The van der Waals surface area contributed by atoms with Gasteiger partial charge in [0.1, 0.15) is 5.52 Å². The number of ether oxygens (including phenoxy) is 1. The smallest absolute Gasteiger partial charge is 0.338 e. The molecule has 5 heteroatoms. The fourth-order valence-corrected chi connectivity index (χ4v) is 2.26. The van der Waals surface area contributed by atoms with Gasteiger partial charge in [-0.15, -0.1) is 0 Å². The Morgan fingerprint density at radius 1 is 1.33 bits per heavy atom. The molecule has 1 N–H and O–H groups in total. The minimum atomic E-state index is -0.979. The molecular weight excluding hydrogens is 234 g/mol. The van der Waals surface area contributed by atoms with Gasteiger partial charge in [-0.05, 0) is 25.0 Å². The molecule has 1 aromatic carbocycles. The Kier molecular flexibility index (Phi) is 2.76. The van der Waals surface area contributed by atoms with Gasteiger partial charge in [-0.2, -0.15) is 0 Å². The van der Waals surface area contributed by atoms with E-state index in [9.17, 15) is 4.79 Å². The van der Waals surface area contributed by atoms with Crippen molar-refractivity contribution in [2.45, 2.75) is 18.8 Å². The number of hydrogen-bond acceptors (Lipinski definition) is 4. The van der Waals surface area contributed by atoms with Crippen molar-refractivity contribution in [2.24, 2.45) is 0 Å². The number of carboxylic acid groups (broad SMARTS) is 1. The summed E-state index contributed by atoms with van der Waals surface area (Å²) in [7, 11) is 0. The van der Waals surface area contributed by atoms with E-state index in [-0.39, 0.29) is 11.5 Å². The van der Waals surface area contributed by atoms with Gasteiger partial charge in [0.2, 0.25) is 0 Å². The van der Waals surface area contributed by atoms with Crippen LogP contribution >= 0.6 is 0 Å². The minimum absolute atomic E-state index is 0.189. The van der Waals surface area contributed by atoms with Crippen LogP contribution in [0.2, 0.25) is 0 Å². The maximum atomic E-state index is 11.1. The predicted molar refractivity (Wildman–Crippen MR) is 63.8 cm³/mol. The topological polar surface area (TPSA) is 72.6 Å². The first-order chi connectivity index (χ1) is 8.75. The van der Waals surface area contributed by atoms with Gasteiger partial charge in [0.15, 0.2) is 11.5 Å². The summed E-state index contributed by atoms with van der Waals surface area (Å²) in [5, 5.41) is 9.10. The SMILES string of the molecule is O=C(O)c1cccc2oc(C3CCOCC3)nc12. The summed E-state index contributed by atoms with van der Waals surface area (Å²) in [6.07, 6.45) is 1.74. The number of rotatable bonds is 2. The molecule has 0 radical (unpaired) electrons. The highest BCUT2D eigenvalue weighted by Crippen LogP contribution is 2.30. The fraction of sp³-hybridized carbons (Fsp3) is 0.385. The molecule has 0 unspecified atom stereocenters. The Bertz CT molecular complexity index is 584. The summed E-state index contributed by atoms with van der Waals surface area (Å²) >= 11 is 0. The summed E-state index contributed by atoms with van der Waals surface area (Å²) in [5.74, 6) is -0.123. The van der Waals surface area contributed by atoms with Crippen LogP contribution in [0.1, 0.15) is 35.0 Å². The van der Waals surface area contributed by atoms with E-state index >= 15 is 0 Å². The molecule has 1 fully saturated rings. The number of hydrogen-bond donors (Lipinski definition) is 1. The number of fused-ring (bicyclic) bond motifs is 1. The number of carbonyl (C=O) groups is 1. The largest absolute Gasteiger partial charge is 0.478 e. The van der Waals surface area contributed by atoms with Crippen LogP contribution in [0.4, 0.5) is 0 Å². The first-order valence-corrected chi connectivity index (χ1v) is 5.96. The lowest BCUT2D eigenvalue weighted by molar-refractivity contribution is 0.0698. The third-order valence-corrected chi connectivity index (χ3v) is 3.24. The summed E-state index contributed by atoms with van der Waals surface area (Å²) in [5.41, 5.74) is 1.16. The number of benzene rings is 1. The second-order valence-electron chi connectivity index (χ2n) is 4.40. The van der Waals surface area contributed by atoms with Crippen LogP contribution < -0.4 is 0 Å². The lowest BCUT2D eigenvalue weighted by Gasteiger charge is -2.18. The van der Waals surface area contributed by atoms with Crippen LogP contribution in [0.15, 0.2) is 22.6 Å². The zero-order valence-corrected chi connectivity index (χ0v) is 9.76. The lowest BCUT2D eigenvalue weighted by atomic mass is 10.0. The van der Waals surface area contributed by atoms with Gasteiger partial charge in [0, 0.05) is 19.1 Å². The molecule has 0 saturated carbocycles. The van der Waals surface area contributed by atoms with Crippen LogP contribution in [-0.2, 0) is 4.74 Å². The highest BCUT2D eigenvalue weighted by atomic mass is 16.5. The van der Waals surface area contributed by atoms with E-state index in [4.69, 9.17) is 14.3 Å². The molecule has 2 heterocycles. The number of aromatic carboxylic acids is 1. The molecule has 1 aliphatic heterocycles. The number of nitrogens with zero attached hydrogens (tertiary/aromatic N) is 1. The van der Waals surface area contributed by atoms with Gasteiger partial charge in [0.05, 0.1) is 5.56 Å². The van der Waals surface area contributed by atoms with Crippen LogP contribution in [0, 0.1) is 0 Å². The third-order valence-electron chi connectivity index (χ3n) is 3.24. The first-order valence-electron chi connectivity index (χ1n) is 5.96. The molecule has 1 aliphatic rings. The maximum Gasteiger partial charge on any atom is 0.338 e. The van der Waals surface area contributed by atoms with Crippen molar-refractivity contribution in [3.8, 4) is 0 Å². The maximum absolute atomic E-state index is 11.1. The Balaban J connectivity index is 2.04. The van der Waals surface area contributed by atoms with Crippen LogP contribution in [0.5, 0.6) is 0 Å². The minimum Gasteiger partial charge on any atom is -0.478 e. The standard InChI is InChI=1S/C13H13NO4/c15-13(16)9-2-1-3-10-11(9)14-12(18-10)8-4-6-17-7-5-8/h1-3,8H,4-7H2,(H,15,16). The quantitative estimate of drug-likeness (QED) is 0.882. The van der Waals surface area contributed by atoms with Gasteiger partial charge >= 0.3 is 5.97 Å². The van der Waals surface area contributed by atoms with Crippen molar-refractivity contribution >= 4 is 17.1 Å². The summed E-state index contributed by atoms with van der Waals surface area (Å²) in [6.45, 7) is 1.41. The van der Waals surface area contributed by atoms with Crippen molar-refractivity contribution in [1.82, 2.24) is 4.98 Å². The van der Waals surface area contributed by atoms with Gasteiger partial charge in [-0.1, -0.05) is 6.07 Å². The molecule has 5 nitrogen and oxygen atoms in total. The highest BCUT2D eigenvalue weighted by molar-refractivity contribution is 6.00. The van der Waals surface area contributed by atoms with Gasteiger partial charge < -0.3 is 14.3 Å². The molecular formula is C13H13NO4. The number of carboxylic acids is 1. The Morgan fingerprint density at radius 3 is 2.83 bits per heavy atom. The average molecular weight is 247 g/mol. The number of para-hydroxylation sites is 1. The molecule has 0 spiro atoms. The van der Waals surface area contributed by atoms with E-state index < -0.39 is 5.97 Å². The van der Waals surface area contributed by atoms with Gasteiger partial charge in [-0.25, -0.2) is 9.78 Å². The molecule has 2 aromatic rings. The monoisotopic (exact) mass is 247 g/mol. The van der Waals surface area contributed by atoms with Crippen LogP contribution in [0.25, 0.3) is 11.1 Å². The van der Waals surface area contributed by atoms with Crippen molar-refractivity contribution in [1.29, 1.82) is 0 Å². The highest BCUT2D eigenvalue weighted by Gasteiger charge is 2.23. The molecule has 0 aliphatic carbocycles. The molecule has 18 heavy (non-hydrogen) atoms. The van der Waals surface area contributed by atoms with Gasteiger partial charge in [0.25, 0.3) is 0 Å². The molecule has 1 saturated heterocycles. The summed E-state index contributed by atoms with van der Waals surface area (Å²) in [6, 6.07) is 4.96. The van der Waals surface area contributed by atoms with E-state index in [1.807, 2.05) is 0 Å². The predicted octanol–water partition coefficient (Wildman–Crippen LogP) is 2.42. The second-order valence-corrected chi connectivity index (χ2v) is 4.40. The first kappa shape index (κ1) is 11.2. The molecule has 0 amide bonds. The molecule has 0 atom stereocenters. The fourth-order valence-electron chi connectivity index (χ4n) is 2.26. The van der Waals surface area contributed by atoms with E-state index in [1.165, 1.54) is 0 Å². The normalized spacial score (nSPS) is 17.1. The van der Waals surface area contributed by atoms with Gasteiger partial charge in [-0.3, -0.25) is 0 Å². The van der Waals surface area contributed by atoms with E-state index in [1.54, 1.807) is 18.2 Å². The molecule has 3 rings (SSSR count). The van der Waals surface area contributed by atoms with Crippen molar-refractivity contribution in [2.75, 3.05) is 13.2 Å². The number of oxazole rings is 1. The van der Waals surface area contributed by atoms with Crippen LogP contribution in [-0.4, -0.2) is 29.3 Å².